The van der Waals surface area contributed by atoms with E-state index in [4.69, 9.17) is 11.5 Å². The van der Waals surface area contributed by atoms with Crippen molar-refractivity contribution in [3.05, 3.63) is 0 Å². The first kappa shape index (κ1) is 53.3. The molecule has 0 bridgehead atoms. The molecule has 0 heterocycles. The molecule has 4 amide bonds. The van der Waals surface area contributed by atoms with E-state index in [1.165, 1.54) is 0 Å². The maximum absolute atomic E-state index is 12.9. The van der Waals surface area contributed by atoms with Gasteiger partial charge in [-0.3, -0.25) is 19.2 Å². The van der Waals surface area contributed by atoms with Crippen LogP contribution in [0.25, 0.3) is 0 Å². The molecule has 324 valence electrons. The van der Waals surface area contributed by atoms with E-state index in [9.17, 15) is 19.2 Å². The first-order chi connectivity index (χ1) is 26.8. The molecule has 0 saturated carbocycles. The third-order valence-electron chi connectivity index (χ3n) is 8.96. The fraction of sp³-hybridized carbons (Fsp3) is 0.897. The van der Waals surface area contributed by atoms with Gasteiger partial charge in [-0.05, 0) is 124 Å². The molecule has 0 spiro atoms. The first-order valence-corrected chi connectivity index (χ1v) is 23.6. The summed E-state index contributed by atoms with van der Waals surface area (Å²) >= 11 is 3.35. The zero-order valence-electron chi connectivity index (χ0n) is 35.0. The minimum Gasteiger partial charge on any atom is -0.356 e. The number of nitrogens with one attached hydrogen (secondary N) is 6. The van der Waals surface area contributed by atoms with E-state index in [-0.39, 0.29) is 29.7 Å². The lowest BCUT2D eigenvalue weighted by Crippen LogP contribution is -2.48. The molecule has 1 unspecified atom stereocenters. The van der Waals surface area contributed by atoms with Crippen LogP contribution in [0.15, 0.2) is 0 Å². The Morgan fingerprint density at radius 3 is 1.35 bits per heavy atom. The van der Waals surface area contributed by atoms with E-state index in [2.05, 4.69) is 31.9 Å². The first-order valence-electron chi connectivity index (χ1n) is 21.3. The summed E-state index contributed by atoms with van der Waals surface area (Å²) in [6.07, 6.45) is 10.1. The van der Waals surface area contributed by atoms with Gasteiger partial charge in [0.25, 0.3) is 0 Å². The Labute approximate surface area is 343 Å². The molecule has 0 aromatic carbocycles. The summed E-state index contributed by atoms with van der Waals surface area (Å²) in [5.41, 5.74) is 11.0. The second-order valence-electron chi connectivity index (χ2n) is 13.8. The van der Waals surface area contributed by atoms with Crippen LogP contribution < -0.4 is 43.4 Å². The summed E-state index contributed by atoms with van der Waals surface area (Å²) in [5.74, 6) is 3.14. The van der Waals surface area contributed by atoms with Crippen molar-refractivity contribution >= 4 is 47.2 Å². The topological polar surface area (TPSA) is 199 Å². The predicted molar refractivity (Wildman–Crippen MR) is 235 cm³/mol. The molecule has 1 atom stereocenters. The van der Waals surface area contributed by atoms with Gasteiger partial charge < -0.3 is 53.2 Å². The lowest BCUT2D eigenvalue weighted by atomic mass is 10.2. The molecule has 0 aliphatic rings. The SMILES string of the molecule is CCC(=O)N(CCSCCC(=O)NCCCNCCCCNCCCN)CC(C)N(CCSCCC(=O)NCCCNCCCCNCCCN)C(=O)CC. The molecule has 0 rings (SSSR count). The van der Waals surface area contributed by atoms with E-state index in [0.717, 1.165) is 128 Å². The number of unbranched alkanes of at least 4 members (excludes halogenated alkanes) is 2. The van der Waals surface area contributed by atoms with Crippen LogP contribution in [0.1, 0.15) is 97.8 Å². The van der Waals surface area contributed by atoms with Gasteiger partial charge in [-0.2, -0.15) is 23.5 Å². The Morgan fingerprint density at radius 2 is 0.927 bits per heavy atom. The van der Waals surface area contributed by atoms with Gasteiger partial charge in [0, 0.05) is 87.5 Å². The largest absolute Gasteiger partial charge is 0.356 e. The van der Waals surface area contributed by atoms with Crippen LogP contribution >= 0.6 is 23.5 Å². The van der Waals surface area contributed by atoms with Crippen molar-refractivity contribution < 1.29 is 19.2 Å². The quantitative estimate of drug-likeness (QED) is 0.0417. The highest BCUT2D eigenvalue weighted by Crippen LogP contribution is 2.12. The molecule has 0 aliphatic heterocycles. The Hall–Kier alpha value is -1.66. The lowest BCUT2D eigenvalue weighted by Gasteiger charge is -2.33. The van der Waals surface area contributed by atoms with Gasteiger partial charge in [-0.15, -0.1) is 0 Å². The molecular weight excluding hydrogens is 737 g/mol. The molecular formula is C39H82N10O4S2. The molecule has 0 saturated heterocycles. The van der Waals surface area contributed by atoms with Crippen molar-refractivity contribution in [1.82, 2.24) is 41.7 Å². The Kier molecular flexibility index (Phi) is 39.3. The summed E-state index contributed by atoms with van der Waals surface area (Å²) < 4.78 is 0. The van der Waals surface area contributed by atoms with E-state index in [1.54, 1.807) is 23.5 Å². The minimum atomic E-state index is -0.118. The number of carbonyl (C=O) groups is 4. The third-order valence-corrected chi connectivity index (χ3v) is 10.9. The van der Waals surface area contributed by atoms with Gasteiger partial charge >= 0.3 is 0 Å². The van der Waals surface area contributed by atoms with Crippen LogP contribution in [-0.2, 0) is 19.2 Å². The highest BCUT2D eigenvalue weighted by molar-refractivity contribution is 7.99. The van der Waals surface area contributed by atoms with E-state index in [1.807, 2.05) is 30.6 Å². The third kappa shape index (κ3) is 34.1. The number of hydrogen-bond acceptors (Lipinski definition) is 12. The summed E-state index contributed by atoms with van der Waals surface area (Å²) in [7, 11) is 0. The van der Waals surface area contributed by atoms with E-state index >= 15 is 0 Å². The number of rotatable bonds is 41. The Bertz CT molecular complexity index is 941. The summed E-state index contributed by atoms with van der Waals surface area (Å²) in [5, 5.41) is 19.7. The van der Waals surface area contributed by atoms with Crippen molar-refractivity contribution in [3.63, 3.8) is 0 Å². The van der Waals surface area contributed by atoms with Crippen molar-refractivity contribution in [3.8, 4) is 0 Å². The molecule has 10 N–H and O–H groups in total. The van der Waals surface area contributed by atoms with E-state index < -0.39 is 0 Å². The van der Waals surface area contributed by atoms with Gasteiger partial charge in [-0.25, -0.2) is 0 Å². The van der Waals surface area contributed by atoms with Crippen LogP contribution in [0.4, 0.5) is 0 Å². The van der Waals surface area contributed by atoms with Crippen LogP contribution in [0.3, 0.4) is 0 Å². The fourth-order valence-corrected chi connectivity index (χ4v) is 7.38. The zero-order valence-corrected chi connectivity index (χ0v) is 36.6. The van der Waals surface area contributed by atoms with Crippen molar-refractivity contribution in [2.24, 2.45) is 11.5 Å². The molecule has 0 aromatic rings. The van der Waals surface area contributed by atoms with Gasteiger partial charge in [0.1, 0.15) is 0 Å². The molecule has 0 aromatic heterocycles. The maximum atomic E-state index is 12.9. The predicted octanol–water partition coefficient (Wildman–Crippen LogP) is 1.73. The fourth-order valence-electron chi connectivity index (χ4n) is 5.64. The molecule has 0 aliphatic carbocycles. The summed E-state index contributed by atoms with van der Waals surface area (Å²) in [6.45, 7) is 18.0. The highest BCUT2D eigenvalue weighted by Gasteiger charge is 2.23. The number of nitrogens with zero attached hydrogens (tertiary/aromatic N) is 2. The van der Waals surface area contributed by atoms with Crippen molar-refractivity contribution in [2.75, 3.05) is 121 Å². The maximum Gasteiger partial charge on any atom is 0.222 e. The van der Waals surface area contributed by atoms with Crippen molar-refractivity contribution in [2.45, 2.75) is 104 Å². The standard InChI is InChI=1S/C39H82N10O4S2/c1-4-38(52)48(28-32-54-30-14-36(50)46-26-12-24-44-20-8-6-18-42-22-10-16-40)34-35(3)49(39(53)5-2)29-33-55-31-15-37(51)47-27-13-25-45-21-9-7-19-43-23-11-17-41/h35,42-45H,4-34,40-41H2,1-3H3,(H,46,50)(H,47,51). The molecule has 0 fully saturated rings. The van der Waals surface area contributed by atoms with Gasteiger partial charge in [0.15, 0.2) is 0 Å². The van der Waals surface area contributed by atoms with Gasteiger partial charge in [0.2, 0.25) is 23.6 Å². The summed E-state index contributed by atoms with van der Waals surface area (Å²) in [6, 6.07) is -0.118. The molecule has 16 heteroatoms. The van der Waals surface area contributed by atoms with Crippen LogP contribution in [0.5, 0.6) is 0 Å². The van der Waals surface area contributed by atoms with Crippen molar-refractivity contribution in [1.29, 1.82) is 0 Å². The highest BCUT2D eigenvalue weighted by atomic mass is 32.2. The molecule has 0 radical (unpaired) electrons. The second kappa shape index (κ2) is 40.5. The smallest absolute Gasteiger partial charge is 0.222 e. The van der Waals surface area contributed by atoms with Crippen LogP contribution in [0, 0.1) is 0 Å². The van der Waals surface area contributed by atoms with Crippen LogP contribution in [0.2, 0.25) is 0 Å². The second-order valence-corrected chi connectivity index (χ2v) is 16.3. The monoisotopic (exact) mass is 819 g/mol. The lowest BCUT2D eigenvalue weighted by molar-refractivity contribution is -0.136. The number of hydrogen-bond donors (Lipinski definition) is 8. The van der Waals surface area contributed by atoms with E-state index in [0.29, 0.717) is 69.9 Å². The normalized spacial score (nSPS) is 11.7. The number of amides is 4. The van der Waals surface area contributed by atoms with Gasteiger partial charge in [-0.1, -0.05) is 13.8 Å². The number of carbonyl (C=O) groups excluding carboxylic acids is 4. The van der Waals surface area contributed by atoms with Gasteiger partial charge in [0.05, 0.1) is 0 Å². The number of nitrogens with two attached hydrogens (primary N) is 2. The molecule has 14 nitrogen and oxygen atoms in total. The number of thioether (sulfide) groups is 2. The zero-order chi connectivity index (χ0) is 40.6. The molecule has 55 heavy (non-hydrogen) atoms. The summed E-state index contributed by atoms with van der Waals surface area (Å²) in [4.78, 5) is 54.0. The average Bonchev–Trinajstić information content (AvgIpc) is 3.18. The Balaban J connectivity index is 4.17. The average molecular weight is 819 g/mol. The minimum absolute atomic E-state index is 0.0614. The Morgan fingerprint density at radius 1 is 0.527 bits per heavy atom. The van der Waals surface area contributed by atoms with Crippen LogP contribution in [-0.4, -0.2) is 161 Å².